The van der Waals surface area contributed by atoms with Gasteiger partial charge in [-0.1, -0.05) is 18.2 Å². The molecule has 152 valence electrons. The summed E-state index contributed by atoms with van der Waals surface area (Å²) >= 11 is 0. The maximum Gasteiger partial charge on any atom is 0.418 e. The van der Waals surface area contributed by atoms with Crippen LogP contribution in [0.3, 0.4) is 0 Å². The predicted molar refractivity (Wildman–Crippen MR) is 101 cm³/mol. The number of anilines is 1. The average Bonchev–Trinajstić information content (AvgIpc) is 3.18. The molecule has 8 heteroatoms. The van der Waals surface area contributed by atoms with Crippen molar-refractivity contribution in [1.29, 1.82) is 0 Å². The topological polar surface area (TPSA) is 75.6 Å². The van der Waals surface area contributed by atoms with Gasteiger partial charge in [0.05, 0.1) is 18.4 Å². The molecule has 2 aromatic rings. The summed E-state index contributed by atoms with van der Waals surface area (Å²) in [5, 5.41) is 11.4. The third-order valence-corrected chi connectivity index (χ3v) is 4.75. The number of carboxylic acids is 1. The van der Waals surface area contributed by atoms with Crippen LogP contribution in [0.4, 0.5) is 18.9 Å². The van der Waals surface area contributed by atoms with Crippen molar-refractivity contribution in [2.45, 2.75) is 25.4 Å². The molecule has 1 amide bonds. The Kier molecular flexibility index (Phi) is 5.63. The van der Waals surface area contributed by atoms with Crippen molar-refractivity contribution in [2.75, 3.05) is 12.4 Å². The van der Waals surface area contributed by atoms with Crippen LogP contribution in [-0.4, -0.2) is 24.1 Å². The fraction of sp³-hybridized carbons (Fsp3) is 0.238. The number of halogens is 3. The van der Waals surface area contributed by atoms with Crippen molar-refractivity contribution in [3.05, 3.63) is 59.2 Å². The van der Waals surface area contributed by atoms with E-state index < -0.39 is 29.3 Å². The lowest BCUT2D eigenvalue weighted by atomic mass is 10.0. The molecular weight excluding hydrogens is 387 g/mol. The van der Waals surface area contributed by atoms with Crippen LogP contribution in [-0.2, 0) is 15.8 Å². The number of benzene rings is 2. The maximum absolute atomic E-state index is 13.6. The quantitative estimate of drug-likeness (QED) is 0.743. The number of aliphatic carboxylic acids is 1. The van der Waals surface area contributed by atoms with Gasteiger partial charge in [-0.05, 0) is 54.7 Å². The highest BCUT2D eigenvalue weighted by Crippen LogP contribution is 2.38. The normalized spacial score (nSPS) is 14.1. The minimum Gasteiger partial charge on any atom is -0.497 e. The summed E-state index contributed by atoms with van der Waals surface area (Å²) in [6.45, 7) is 0. The van der Waals surface area contributed by atoms with Crippen LogP contribution in [0.15, 0.2) is 53.6 Å². The van der Waals surface area contributed by atoms with Crippen molar-refractivity contribution in [3.63, 3.8) is 0 Å². The Labute approximate surface area is 164 Å². The Balaban J connectivity index is 1.95. The van der Waals surface area contributed by atoms with Gasteiger partial charge in [0.25, 0.3) is 5.91 Å². The lowest BCUT2D eigenvalue weighted by Crippen LogP contribution is -2.19. The number of amides is 1. The number of carboxylic acid groups (broad SMARTS) is 1. The molecule has 0 bridgehead atoms. The predicted octanol–water partition coefficient (Wildman–Crippen LogP) is 4.88. The molecule has 0 atom stereocenters. The largest absolute Gasteiger partial charge is 0.497 e. The maximum atomic E-state index is 13.6. The molecule has 2 aromatic carbocycles. The number of carbonyl (C=O) groups excluding carboxylic acids is 1. The van der Waals surface area contributed by atoms with Gasteiger partial charge in [-0.3, -0.25) is 4.79 Å². The Morgan fingerprint density at radius 3 is 2.21 bits per heavy atom. The summed E-state index contributed by atoms with van der Waals surface area (Å²) in [6.07, 6.45) is -3.78. The van der Waals surface area contributed by atoms with Gasteiger partial charge in [0.1, 0.15) is 5.75 Å². The lowest BCUT2D eigenvalue weighted by Gasteiger charge is -2.16. The SMILES string of the molecule is COc1ccc(-c2ccc(NC(=O)C3=C(C(=O)O)CCC3)c(C(F)(F)F)c2)cc1. The number of hydrogen-bond donors (Lipinski definition) is 2. The van der Waals surface area contributed by atoms with E-state index >= 15 is 0 Å². The number of ether oxygens (including phenoxy) is 1. The van der Waals surface area contributed by atoms with Crippen LogP contribution in [0.1, 0.15) is 24.8 Å². The monoisotopic (exact) mass is 405 g/mol. The van der Waals surface area contributed by atoms with Crippen molar-refractivity contribution in [3.8, 4) is 16.9 Å². The van der Waals surface area contributed by atoms with Crippen molar-refractivity contribution in [1.82, 2.24) is 0 Å². The van der Waals surface area contributed by atoms with Crippen LogP contribution >= 0.6 is 0 Å². The van der Waals surface area contributed by atoms with Gasteiger partial charge in [0.15, 0.2) is 0 Å². The summed E-state index contributed by atoms with van der Waals surface area (Å²) in [4.78, 5) is 23.6. The molecule has 0 unspecified atom stereocenters. The van der Waals surface area contributed by atoms with E-state index in [1.54, 1.807) is 24.3 Å². The zero-order valence-electron chi connectivity index (χ0n) is 15.5. The number of alkyl halides is 3. The highest BCUT2D eigenvalue weighted by molar-refractivity contribution is 6.09. The van der Waals surface area contributed by atoms with E-state index in [0.29, 0.717) is 23.3 Å². The highest BCUT2D eigenvalue weighted by atomic mass is 19.4. The van der Waals surface area contributed by atoms with E-state index in [9.17, 15) is 22.8 Å². The van der Waals surface area contributed by atoms with Crippen molar-refractivity contribution in [2.24, 2.45) is 0 Å². The molecule has 0 fully saturated rings. The first-order valence-corrected chi connectivity index (χ1v) is 8.83. The molecule has 0 aliphatic heterocycles. The Morgan fingerprint density at radius 2 is 1.62 bits per heavy atom. The molecular formula is C21H18F3NO4. The van der Waals surface area contributed by atoms with Gasteiger partial charge in [-0.2, -0.15) is 13.2 Å². The minimum absolute atomic E-state index is 0.0184. The molecule has 0 radical (unpaired) electrons. The van der Waals surface area contributed by atoms with Crippen LogP contribution in [0.5, 0.6) is 5.75 Å². The van der Waals surface area contributed by atoms with Crippen molar-refractivity contribution < 1.29 is 32.6 Å². The zero-order valence-corrected chi connectivity index (χ0v) is 15.5. The third-order valence-electron chi connectivity index (χ3n) is 4.75. The van der Waals surface area contributed by atoms with Gasteiger partial charge in [0.2, 0.25) is 0 Å². The first-order chi connectivity index (χ1) is 13.7. The van der Waals surface area contributed by atoms with Crippen LogP contribution in [0, 0.1) is 0 Å². The number of carbonyl (C=O) groups is 2. The highest BCUT2D eigenvalue weighted by Gasteiger charge is 2.35. The molecule has 2 N–H and O–H groups in total. The van der Waals surface area contributed by atoms with Gasteiger partial charge < -0.3 is 15.2 Å². The molecule has 0 heterocycles. The van der Waals surface area contributed by atoms with Gasteiger partial charge in [0, 0.05) is 11.1 Å². The van der Waals surface area contributed by atoms with E-state index in [4.69, 9.17) is 9.84 Å². The standard InChI is InChI=1S/C21H18F3NO4/c1-29-14-8-5-12(6-9-14)13-7-10-18(17(11-13)21(22,23)24)25-19(26)15-3-2-4-16(15)20(27)28/h5-11H,2-4H2,1H3,(H,25,26)(H,27,28). The number of rotatable bonds is 5. The molecule has 0 spiro atoms. The van der Waals surface area contributed by atoms with E-state index in [0.717, 1.165) is 6.07 Å². The van der Waals surface area contributed by atoms with E-state index in [1.165, 1.54) is 19.2 Å². The molecule has 5 nitrogen and oxygen atoms in total. The smallest absolute Gasteiger partial charge is 0.418 e. The molecule has 29 heavy (non-hydrogen) atoms. The van der Waals surface area contributed by atoms with Crippen molar-refractivity contribution >= 4 is 17.6 Å². The van der Waals surface area contributed by atoms with Gasteiger partial charge in [-0.15, -0.1) is 0 Å². The van der Waals surface area contributed by atoms with Crippen LogP contribution in [0.25, 0.3) is 11.1 Å². The Hall–Kier alpha value is -3.29. The summed E-state index contributed by atoms with van der Waals surface area (Å²) in [5.74, 6) is -1.46. The van der Waals surface area contributed by atoms with Crippen LogP contribution in [0.2, 0.25) is 0 Å². The van der Waals surface area contributed by atoms with Gasteiger partial charge >= 0.3 is 12.1 Å². The minimum atomic E-state index is -4.70. The third kappa shape index (κ3) is 4.42. The second kappa shape index (κ2) is 7.98. The molecule has 0 aromatic heterocycles. The summed E-state index contributed by atoms with van der Waals surface area (Å²) in [6, 6.07) is 10.1. The first kappa shape index (κ1) is 20.4. The average molecular weight is 405 g/mol. The fourth-order valence-corrected chi connectivity index (χ4v) is 3.28. The summed E-state index contributed by atoms with van der Waals surface area (Å²) in [7, 11) is 1.49. The summed E-state index contributed by atoms with van der Waals surface area (Å²) in [5.41, 5.74) is -0.570. The summed E-state index contributed by atoms with van der Waals surface area (Å²) < 4.78 is 45.9. The van der Waals surface area contributed by atoms with Crippen LogP contribution < -0.4 is 10.1 Å². The molecule has 1 aliphatic rings. The molecule has 0 saturated heterocycles. The molecule has 3 rings (SSSR count). The first-order valence-electron chi connectivity index (χ1n) is 8.83. The Morgan fingerprint density at radius 1 is 1.00 bits per heavy atom. The number of nitrogens with one attached hydrogen (secondary N) is 1. The number of methoxy groups -OCH3 is 1. The molecule has 1 aliphatic carbocycles. The second-order valence-corrected chi connectivity index (χ2v) is 6.56. The van der Waals surface area contributed by atoms with E-state index in [1.807, 2.05) is 0 Å². The number of hydrogen-bond acceptors (Lipinski definition) is 3. The van der Waals surface area contributed by atoms with E-state index in [-0.39, 0.29) is 24.0 Å². The zero-order chi connectivity index (χ0) is 21.2. The molecule has 0 saturated carbocycles. The second-order valence-electron chi connectivity index (χ2n) is 6.56. The Bertz CT molecular complexity index is 978. The van der Waals surface area contributed by atoms with Gasteiger partial charge in [-0.25, -0.2) is 4.79 Å². The lowest BCUT2D eigenvalue weighted by molar-refractivity contribution is -0.137. The fourth-order valence-electron chi connectivity index (χ4n) is 3.28. The van der Waals surface area contributed by atoms with E-state index in [2.05, 4.69) is 5.32 Å².